The first-order valence-electron chi connectivity index (χ1n) is 9.98. The maximum Gasteiger partial charge on any atom is 0.191 e. The van der Waals surface area contributed by atoms with Crippen LogP contribution in [0.15, 0.2) is 29.3 Å². The molecule has 0 amide bonds. The molecule has 2 aliphatic rings. The molecule has 0 radical (unpaired) electrons. The molecule has 3 rings (SSSR count). The fraction of sp³-hybridized carbons (Fsp3) is 0.667. The van der Waals surface area contributed by atoms with E-state index in [0.29, 0.717) is 12.1 Å². The summed E-state index contributed by atoms with van der Waals surface area (Å²) in [5, 5.41) is 7.11. The third-order valence-corrected chi connectivity index (χ3v) is 5.46. The zero-order valence-corrected chi connectivity index (χ0v) is 17.3. The molecule has 0 aromatic heterocycles. The van der Waals surface area contributed by atoms with Crippen molar-refractivity contribution in [2.45, 2.75) is 57.8 Å². The lowest BCUT2D eigenvalue weighted by molar-refractivity contribution is -0.0174. The second-order valence-corrected chi connectivity index (χ2v) is 8.26. The van der Waals surface area contributed by atoms with Crippen molar-refractivity contribution >= 4 is 5.96 Å². The quantitative estimate of drug-likeness (QED) is 0.627. The summed E-state index contributed by atoms with van der Waals surface area (Å²) in [5.41, 5.74) is 0.983. The van der Waals surface area contributed by atoms with E-state index in [0.717, 1.165) is 44.4 Å². The first-order chi connectivity index (χ1) is 12.9. The number of para-hydroxylation sites is 1. The van der Waals surface area contributed by atoms with E-state index in [1.165, 1.54) is 5.56 Å². The third-order valence-electron chi connectivity index (χ3n) is 5.46. The monoisotopic (exact) mass is 374 g/mol. The molecule has 0 spiro atoms. The molecule has 0 bridgehead atoms. The van der Waals surface area contributed by atoms with E-state index in [9.17, 15) is 0 Å². The van der Waals surface area contributed by atoms with E-state index < -0.39 is 0 Å². The van der Waals surface area contributed by atoms with Crippen LogP contribution in [0.3, 0.4) is 0 Å². The van der Waals surface area contributed by atoms with Crippen LogP contribution in [0.4, 0.5) is 0 Å². The molecule has 2 heterocycles. The van der Waals surface area contributed by atoms with Gasteiger partial charge in [0.1, 0.15) is 11.4 Å². The first kappa shape index (κ1) is 20.0. The fourth-order valence-corrected chi connectivity index (χ4v) is 4.05. The molecule has 6 heteroatoms. The molecule has 27 heavy (non-hydrogen) atoms. The number of benzene rings is 1. The second kappa shape index (κ2) is 8.48. The maximum absolute atomic E-state index is 6.14. The van der Waals surface area contributed by atoms with Gasteiger partial charge in [0.15, 0.2) is 5.96 Å². The Labute approximate surface area is 163 Å². The van der Waals surface area contributed by atoms with E-state index in [-0.39, 0.29) is 11.6 Å². The van der Waals surface area contributed by atoms with Crippen LogP contribution >= 0.6 is 0 Å². The van der Waals surface area contributed by atoms with Crippen LogP contribution in [-0.4, -0.2) is 61.9 Å². The smallest absolute Gasteiger partial charge is 0.191 e. The summed E-state index contributed by atoms with van der Waals surface area (Å²) >= 11 is 0. The van der Waals surface area contributed by atoms with Crippen LogP contribution < -0.4 is 15.4 Å². The molecule has 1 aromatic rings. The largest absolute Gasteiger partial charge is 0.487 e. The normalized spacial score (nSPS) is 26.6. The van der Waals surface area contributed by atoms with Crippen molar-refractivity contribution in [1.82, 2.24) is 15.5 Å². The van der Waals surface area contributed by atoms with Gasteiger partial charge in [0.25, 0.3) is 0 Å². The van der Waals surface area contributed by atoms with Gasteiger partial charge in [-0.3, -0.25) is 9.89 Å². The highest BCUT2D eigenvalue weighted by Crippen LogP contribution is 2.39. The Kier molecular flexibility index (Phi) is 6.27. The van der Waals surface area contributed by atoms with Crippen LogP contribution in [-0.2, 0) is 4.74 Å². The molecule has 3 atom stereocenters. The summed E-state index contributed by atoms with van der Waals surface area (Å²) < 4.78 is 11.7. The second-order valence-electron chi connectivity index (χ2n) is 8.26. The highest BCUT2D eigenvalue weighted by Gasteiger charge is 2.34. The Morgan fingerprint density at radius 2 is 2.15 bits per heavy atom. The van der Waals surface area contributed by atoms with Gasteiger partial charge in [0.2, 0.25) is 0 Å². The van der Waals surface area contributed by atoms with Crippen LogP contribution in [0, 0.1) is 0 Å². The molecular weight excluding hydrogens is 340 g/mol. The topological polar surface area (TPSA) is 58.1 Å². The fourth-order valence-electron chi connectivity index (χ4n) is 4.05. The van der Waals surface area contributed by atoms with Gasteiger partial charge in [-0.2, -0.15) is 0 Å². The lowest BCUT2D eigenvalue weighted by Gasteiger charge is -2.39. The Balaban J connectivity index is 1.62. The molecule has 150 valence electrons. The molecule has 0 aliphatic carbocycles. The van der Waals surface area contributed by atoms with Crippen LogP contribution in [0.2, 0.25) is 0 Å². The maximum atomic E-state index is 6.14. The van der Waals surface area contributed by atoms with Gasteiger partial charge in [0.05, 0.1) is 19.3 Å². The number of ether oxygens (including phenoxy) is 2. The average Bonchev–Trinajstić information content (AvgIpc) is 2.64. The minimum Gasteiger partial charge on any atom is -0.487 e. The van der Waals surface area contributed by atoms with Gasteiger partial charge in [0, 0.05) is 44.2 Å². The molecule has 1 saturated heterocycles. The van der Waals surface area contributed by atoms with E-state index in [1.807, 2.05) is 19.2 Å². The molecule has 2 N–H and O–H groups in total. The minimum absolute atomic E-state index is 0.175. The summed E-state index contributed by atoms with van der Waals surface area (Å²) in [7, 11) is 1.83. The molecule has 0 saturated carbocycles. The van der Waals surface area contributed by atoms with Gasteiger partial charge >= 0.3 is 0 Å². The van der Waals surface area contributed by atoms with Crippen LogP contribution in [0.1, 0.15) is 45.7 Å². The summed E-state index contributed by atoms with van der Waals surface area (Å²) in [6.07, 6.45) is 0.890. The zero-order chi connectivity index (χ0) is 19.4. The lowest BCUT2D eigenvalue weighted by atomic mass is 9.90. The Bertz CT molecular complexity index is 661. The van der Waals surface area contributed by atoms with Crippen molar-refractivity contribution in [1.29, 1.82) is 0 Å². The molecular formula is C21H34N4O2. The van der Waals surface area contributed by atoms with Gasteiger partial charge in [-0.15, -0.1) is 0 Å². The number of rotatable bonds is 4. The van der Waals surface area contributed by atoms with Crippen LogP contribution in [0.5, 0.6) is 5.75 Å². The highest BCUT2D eigenvalue weighted by atomic mass is 16.5. The minimum atomic E-state index is -0.207. The van der Waals surface area contributed by atoms with E-state index in [1.54, 1.807) is 0 Å². The first-order valence-corrected chi connectivity index (χ1v) is 9.98. The number of fused-ring (bicyclic) bond motifs is 1. The van der Waals surface area contributed by atoms with Crippen molar-refractivity contribution in [3.05, 3.63) is 29.8 Å². The summed E-state index contributed by atoms with van der Waals surface area (Å²) in [5.74, 6) is 1.79. The number of hydrogen-bond donors (Lipinski definition) is 2. The number of nitrogens with zero attached hydrogens (tertiary/aromatic N) is 2. The number of hydrogen-bond acceptors (Lipinski definition) is 4. The molecule has 1 fully saturated rings. The van der Waals surface area contributed by atoms with Gasteiger partial charge in [-0.05, 0) is 33.8 Å². The summed E-state index contributed by atoms with van der Waals surface area (Å²) in [6, 6.07) is 9.31. The Morgan fingerprint density at radius 3 is 2.89 bits per heavy atom. The van der Waals surface area contributed by atoms with Crippen molar-refractivity contribution in [2.24, 2.45) is 4.99 Å². The number of guanidine groups is 1. The highest BCUT2D eigenvalue weighted by molar-refractivity contribution is 5.80. The number of morpholine rings is 1. The Morgan fingerprint density at radius 1 is 1.37 bits per heavy atom. The number of aliphatic imine (C=N–C) groups is 1. The van der Waals surface area contributed by atoms with Gasteiger partial charge < -0.3 is 20.1 Å². The van der Waals surface area contributed by atoms with E-state index in [4.69, 9.17) is 9.47 Å². The van der Waals surface area contributed by atoms with Crippen molar-refractivity contribution in [3.63, 3.8) is 0 Å². The molecule has 1 aromatic carbocycles. The standard InChI is InChI=1S/C21H34N4O2/c1-15(25-10-11-26-14-16(25)2)13-23-20(22-5)24-18-12-21(3,4)27-19-9-7-6-8-17(18)19/h6-9,15-16,18H,10-14H2,1-5H3,(H2,22,23,24). The average molecular weight is 375 g/mol. The van der Waals surface area contributed by atoms with Crippen molar-refractivity contribution < 1.29 is 9.47 Å². The van der Waals surface area contributed by atoms with Crippen LogP contribution in [0.25, 0.3) is 0 Å². The predicted octanol–water partition coefficient (Wildman–Crippen LogP) is 2.56. The Hall–Kier alpha value is -1.79. The molecule has 6 nitrogen and oxygen atoms in total. The van der Waals surface area contributed by atoms with Crippen molar-refractivity contribution in [2.75, 3.05) is 33.4 Å². The van der Waals surface area contributed by atoms with Gasteiger partial charge in [-0.1, -0.05) is 18.2 Å². The zero-order valence-electron chi connectivity index (χ0n) is 17.3. The lowest BCUT2D eigenvalue weighted by Crippen LogP contribution is -2.53. The summed E-state index contributed by atoms with van der Waals surface area (Å²) in [4.78, 5) is 6.95. The molecule has 3 unspecified atom stereocenters. The SMILES string of the molecule is CN=C(NCC(C)N1CCOCC1C)NC1CC(C)(C)Oc2ccccc21. The van der Waals surface area contributed by atoms with Crippen molar-refractivity contribution in [3.8, 4) is 5.75 Å². The predicted molar refractivity (Wildman–Crippen MR) is 109 cm³/mol. The number of nitrogens with one attached hydrogen (secondary N) is 2. The van der Waals surface area contributed by atoms with E-state index in [2.05, 4.69) is 60.4 Å². The molecule has 2 aliphatic heterocycles. The third kappa shape index (κ3) is 4.93. The van der Waals surface area contributed by atoms with Gasteiger partial charge in [-0.25, -0.2) is 0 Å². The van der Waals surface area contributed by atoms with E-state index >= 15 is 0 Å². The summed E-state index contributed by atoms with van der Waals surface area (Å²) in [6.45, 7) is 12.2.